The maximum atomic E-state index is 6.66. The van der Waals surface area contributed by atoms with Crippen LogP contribution in [0.4, 0.5) is 0 Å². The molecule has 0 radical (unpaired) electrons. The van der Waals surface area contributed by atoms with Gasteiger partial charge in [0, 0.05) is 19.1 Å². The molecule has 0 bridgehead atoms. The van der Waals surface area contributed by atoms with Gasteiger partial charge in [0.1, 0.15) is 0 Å². The molecule has 5 nitrogen and oxygen atoms in total. The molecule has 0 amide bonds. The molecule has 4 aliphatic heterocycles. The molecule has 1 atom stereocenters. The van der Waals surface area contributed by atoms with Crippen LogP contribution in [-0.2, 0) is 19.4 Å². The highest BCUT2D eigenvalue weighted by Gasteiger charge is 2.36. The number of nitrogens with zero attached hydrogens (tertiary/aromatic N) is 1. The second-order valence-electron chi connectivity index (χ2n) is 6.91. The molecule has 6 heteroatoms. The molecule has 0 fully saturated rings. The SMILES string of the molecule is Clc1c2c(cc3c1OCO3)CN1CCc3cc4c(cc3C1C2)OCO4. The van der Waals surface area contributed by atoms with Crippen molar-refractivity contribution in [2.45, 2.75) is 25.4 Å². The average molecular weight is 358 g/mol. The van der Waals surface area contributed by atoms with E-state index in [1.54, 1.807) is 0 Å². The number of hydrogen-bond acceptors (Lipinski definition) is 5. The van der Waals surface area contributed by atoms with E-state index in [9.17, 15) is 0 Å². The van der Waals surface area contributed by atoms with Gasteiger partial charge in [0.25, 0.3) is 0 Å². The number of halogens is 1. The van der Waals surface area contributed by atoms with Crippen LogP contribution in [0.2, 0.25) is 5.02 Å². The van der Waals surface area contributed by atoms with E-state index in [1.165, 1.54) is 22.3 Å². The summed E-state index contributed by atoms with van der Waals surface area (Å²) in [5, 5.41) is 0.706. The van der Waals surface area contributed by atoms with E-state index in [0.29, 0.717) is 23.6 Å². The Morgan fingerprint density at radius 2 is 1.68 bits per heavy atom. The summed E-state index contributed by atoms with van der Waals surface area (Å²) in [4.78, 5) is 2.52. The van der Waals surface area contributed by atoms with Crippen LogP contribution in [0.25, 0.3) is 0 Å². The van der Waals surface area contributed by atoms with Gasteiger partial charge in [-0.2, -0.15) is 0 Å². The molecule has 2 aromatic rings. The van der Waals surface area contributed by atoms with Crippen LogP contribution < -0.4 is 18.9 Å². The molecule has 0 aromatic heterocycles. The van der Waals surface area contributed by atoms with Crippen LogP contribution in [0.3, 0.4) is 0 Å². The first-order valence-electron chi connectivity index (χ1n) is 8.54. The second-order valence-corrected chi connectivity index (χ2v) is 7.28. The van der Waals surface area contributed by atoms with E-state index >= 15 is 0 Å². The Bertz CT molecular complexity index is 913. The summed E-state index contributed by atoms with van der Waals surface area (Å²) in [6, 6.07) is 6.70. The molecule has 4 heterocycles. The third-order valence-electron chi connectivity index (χ3n) is 5.67. The maximum Gasteiger partial charge on any atom is 0.231 e. The van der Waals surface area contributed by atoms with Crippen LogP contribution in [0.5, 0.6) is 23.0 Å². The van der Waals surface area contributed by atoms with Crippen LogP contribution in [0.15, 0.2) is 18.2 Å². The van der Waals surface area contributed by atoms with Gasteiger partial charge in [-0.1, -0.05) is 11.6 Å². The predicted octanol–water partition coefficient (Wildman–Crippen LogP) is 3.45. The van der Waals surface area contributed by atoms with Gasteiger partial charge in [-0.15, -0.1) is 0 Å². The molecule has 4 aliphatic rings. The standard InChI is InChI=1S/C19H16ClNO4/c20-18-13-5-14-12-6-16-15(22-8-23-16)3-10(12)1-2-21(14)7-11(13)4-17-19(18)25-9-24-17/h3-4,6,14H,1-2,5,7-9H2. The summed E-state index contributed by atoms with van der Waals surface area (Å²) in [5.74, 6) is 3.17. The molecule has 0 saturated heterocycles. The predicted molar refractivity (Wildman–Crippen MR) is 90.7 cm³/mol. The topological polar surface area (TPSA) is 40.2 Å². The second kappa shape index (κ2) is 4.96. The molecule has 128 valence electrons. The molecule has 0 aliphatic carbocycles. The molecular weight excluding hydrogens is 342 g/mol. The third-order valence-corrected chi connectivity index (χ3v) is 6.07. The highest BCUT2D eigenvalue weighted by atomic mass is 35.5. The van der Waals surface area contributed by atoms with E-state index < -0.39 is 0 Å². The van der Waals surface area contributed by atoms with Crippen LogP contribution in [-0.4, -0.2) is 25.0 Å². The zero-order valence-electron chi connectivity index (χ0n) is 13.5. The largest absolute Gasteiger partial charge is 0.454 e. The fraction of sp³-hybridized carbons (Fsp3) is 0.368. The zero-order valence-corrected chi connectivity index (χ0v) is 14.3. The van der Waals surface area contributed by atoms with E-state index in [-0.39, 0.29) is 6.79 Å². The molecule has 0 N–H and O–H groups in total. The fourth-order valence-electron chi connectivity index (χ4n) is 4.44. The lowest BCUT2D eigenvalue weighted by Crippen LogP contribution is -2.39. The van der Waals surface area contributed by atoms with E-state index in [0.717, 1.165) is 43.2 Å². The molecular formula is C19H16ClNO4. The zero-order chi connectivity index (χ0) is 16.5. The molecule has 0 saturated carbocycles. The van der Waals surface area contributed by atoms with Gasteiger partial charge in [-0.25, -0.2) is 0 Å². The van der Waals surface area contributed by atoms with Crippen molar-refractivity contribution >= 4 is 11.6 Å². The molecule has 0 spiro atoms. The minimum Gasteiger partial charge on any atom is -0.454 e. The Morgan fingerprint density at radius 1 is 0.920 bits per heavy atom. The van der Waals surface area contributed by atoms with Crippen molar-refractivity contribution in [1.29, 1.82) is 0 Å². The summed E-state index contributed by atoms with van der Waals surface area (Å²) in [7, 11) is 0. The van der Waals surface area contributed by atoms with Gasteiger partial charge in [-0.05, 0) is 53.3 Å². The Kier molecular flexibility index (Phi) is 2.80. The van der Waals surface area contributed by atoms with Crippen LogP contribution in [0, 0.1) is 0 Å². The summed E-state index contributed by atoms with van der Waals surface area (Å²) in [6.45, 7) is 2.47. The first kappa shape index (κ1) is 14.1. The van der Waals surface area contributed by atoms with Gasteiger partial charge >= 0.3 is 0 Å². The van der Waals surface area contributed by atoms with Crippen molar-refractivity contribution in [2.75, 3.05) is 20.1 Å². The summed E-state index contributed by atoms with van der Waals surface area (Å²) < 4.78 is 22.2. The lowest BCUT2D eigenvalue weighted by molar-refractivity contribution is 0.160. The maximum absolute atomic E-state index is 6.66. The summed E-state index contributed by atoms with van der Waals surface area (Å²) >= 11 is 6.66. The average Bonchev–Trinajstić information content (AvgIpc) is 3.27. The Labute approximate surface area is 150 Å². The smallest absolute Gasteiger partial charge is 0.231 e. The first-order valence-corrected chi connectivity index (χ1v) is 8.92. The highest BCUT2D eigenvalue weighted by molar-refractivity contribution is 6.33. The summed E-state index contributed by atoms with van der Waals surface area (Å²) in [6.07, 6.45) is 1.90. The van der Waals surface area contributed by atoms with Gasteiger partial charge < -0.3 is 18.9 Å². The number of hydrogen-bond donors (Lipinski definition) is 0. The highest BCUT2D eigenvalue weighted by Crippen LogP contribution is 2.49. The lowest BCUT2D eigenvalue weighted by Gasteiger charge is -2.41. The quantitative estimate of drug-likeness (QED) is 0.722. The minimum atomic E-state index is 0.247. The van der Waals surface area contributed by atoms with E-state index in [2.05, 4.69) is 23.1 Å². The number of rotatable bonds is 0. The lowest BCUT2D eigenvalue weighted by atomic mass is 9.83. The van der Waals surface area contributed by atoms with Crippen LogP contribution in [0.1, 0.15) is 28.3 Å². The normalized spacial score (nSPS) is 22.4. The van der Waals surface area contributed by atoms with Crippen molar-refractivity contribution < 1.29 is 18.9 Å². The van der Waals surface area contributed by atoms with Crippen molar-refractivity contribution in [3.63, 3.8) is 0 Å². The van der Waals surface area contributed by atoms with Crippen molar-refractivity contribution in [1.82, 2.24) is 4.90 Å². The Balaban J connectivity index is 1.46. The van der Waals surface area contributed by atoms with Gasteiger partial charge in [0.05, 0.1) is 5.02 Å². The number of fused-ring (bicyclic) bond motifs is 6. The number of benzene rings is 2. The van der Waals surface area contributed by atoms with Crippen molar-refractivity contribution in [3.8, 4) is 23.0 Å². The van der Waals surface area contributed by atoms with E-state index in [4.69, 9.17) is 30.5 Å². The molecule has 25 heavy (non-hydrogen) atoms. The minimum absolute atomic E-state index is 0.247. The monoisotopic (exact) mass is 357 g/mol. The molecule has 6 rings (SSSR count). The first-order chi connectivity index (χ1) is 12.3. The third kappa shape index (κ3) is 1.94. The van der Waals surface area contributed by atoms with Crippen molar-refractivity contribution in [3.05, 3.63) is 45.5 Å². The Hall–Kier alpha value is -2.11. The molecule has 1 unspecified atom stereocenters. The van der Waals surface area contributed by atoms with Gasteiger partial charge in [0.2, 0.25) is 13.6 Å². The van der Waals surface area contributed by atoms with Crippen molar-refractivity contribution in [2.24, 2.45) is 0 Å². The molecule has 2 aromatic carbocycles. The van der Waals surface area contributed by atoms with E-state index in [1.807, 2.05) is 0 Å². The Morgan fingerprint density at radius 3 is 2.60 bits per heavy atom. The van der Waals surface area contributed by atoms with Gasteiger partial charge in [-0.3, -0.25) is 4.90 Å². The summed E-state index contributed by atoms with van der Waals surface area (Å²) in [5.41, 5.74) is 5.10. The fourth-order valence-corrected chi connectivity index (χ4v) is 4.78. The van der Waals surface area contributed by atoms with Crippen LogP contribution >= 0.6 is 11.6 Å². The van der Waals surface area contributed by atoms with Gasteiger partial charge in [0.15, 0.2) is 23.0 Å². The number of ether oxygens (including phenoxy) is 4.